The summed E-state index contributed by atoms with van der Waals surface area (Å²) in [5.74, 6) is 1.21. The second-order valence-electron chi connectivity index (χ2n) is 5.64. The van der Waals surface area contributed by atoms with E-state index in [4.69, 9.17) is 18.7 Å². The molecule has 0 atom stereocenters. The number of benzene rings is 1. The largest absolute Gasteiger partial charge is 0.493 e. The van der Waals surface area contributed by atoms with Crippen LogP contribution in [-0.2, 0) is 11.3 Å². The van der Waals surface area contributed by atoms with Gasteiger partial charge in [-0.05, 0) is 43.5 Å². The third-order valence-corrected chi connectivity index (χ3v) is 4.01. The van der Waals surface area contributed by atoms with Gasteiger partial charge in [-0.2, -0.15) is 16.3 Å². The van der Waals surface area contributed by atoms with Crippen LogP contribution in [0.5, 0.6) is 11.5 Å². The number of hydrogen-bond donors (Lipinski definition) is 0. The van der Waals surface area contributed by atoms with E-state index < -0.39 is 5.97 Å². The number of carbonyl (C=O) groups excluding carboxylic acids is 1. The number of rotatable bonds is 7. The first-order valence-electron chi connectivity index (χ1n) is 7.94. The Kier molecular flexibility index (Phi) is 5.52. The van der Waals surface area contributed by atoms with Crippen molar-refractivity contribution < 1.29 is 23.5 Å². The van der Waals surface area contributed by atoms with Gasteiger partial charge in [0.25, 0.3) is 5.89 Å². The standard InChI is InChI=1S/C18H18N2O5S/c1-11(2)24-14-5-4-12(8-15(14)22-3)18(21)23-9-16-19-17(25-20-16)13-6-7-26-10-13/h4-8,10-11H,9H2,1-3H3. The molecule has 0 bridgehead atoms. The quantitative estimate of drug-likeness (QED) is 0.579. The van der Waals surface area contributed by atoms with Crippen molar-refractivity contribution in [3.63, 3.8) is 0 Å². The van der Waals surface area contributed by atoms with Crippen molar-refractivity contribution in [2.24, 2.45) is 0 Å². The summed E-state index contributed by atoms with van der Waals surface area (Å²) in [7, 11) is 1.52. The third kappa shape index (κ3) is 4.20. The Balaban J connectivity index is 1.65. The molecule has 136 valence electrons. The van der Waals surface area contributed by atoms with Crippen LogP contribution < -0.4 is 9.47 Å². The van der Waals surface area contributed by atoms with Crippen molar-refractivity contribution in [3.8, 4) is 23.0 Å². The second-order valence-corrected chi connectivity index (χ2v) is 6.42. The lowest BCUT2D eigenvalue weighted by Gasteiger charge is -2.14. The molecule has 2 aromatic heterocycles. The van der Waals surface area contributed by atoms with Crippen LogP contribution in [0.3, 0.4) is 0 Å². The number of thiophene rings is 1. The molecular weight excluding hydrogens is 356 g/mol. The van der Waals surface area contributed by atoms with Crippen molar-refractivity contribution in [1.82, 2.24) is 10.1 Å². The van der Waals surface area contributed by atoms with E-state index in [1.165, 1.54) is 18.4 Å². The Bertz CT molecular complexity index is 874. The number of carbonyl (C=O) groups is 1. The highest BCUT2D eigenvalue weighted by Crippen LogP contribution is 2.29. The van der Waals surface area contributed by atoms with E-state index in [0.29, 0.717) is 28.8 Å². The van der Waals surface area contributed by atoms with Gasteiger partial charge in [-0.25, -0.2) is 4.79 Å². The van der Waals surface area contributed by atoms with Crippen LogP contribution in [0.4, 0.5) is 0 Å². The molecule has 1 aromatic carbocycles. The van der Waals surface area contributed by atoms with Gasteiger partial charge in [0.15, 0.2) is 18.1 Å². The summed E-state index contributed by atoms with van der Waals surface area (Å²) in [4.78, 5) is 16.5. The maximum absolute atomic E-state index is 12.3. The lowest BCUT2D eigenvalue weighted by Crippen LogP contribution is -2.09. The summed E-state index contributed by atoms with van der Waals surface area (Å²) in [6, 6.07) is 6.75. The minimum atomic E-state index is -0.513. The molecule has 0 fully saturated rings. The van der Waals surface area contributed by atoms with Crippen molar-refractivity contribution in [2.45, 2.75) is 26.6 Å². The summed E-state index contributed by atoms with van der Waals surface area (Å²) in [5, 5.41) is 7.63. The predicted molar refractivity (Wildman–Crippen MR) is 95.5 cm³/mol. The van der Waals surface area contributed by atoms with Gasteiger partial charge >= 0.3 is 5.97 Å². The molecule has 0 amide bonds. The van der Waals surface area contributed by atoms with E-state index in [9.17, 15) is 4.79 Å². The topological polar surface area (TPSA) is 83.7 Å². The van der Waals surface area contributed by atoms with Gasteiger partial charge in [-0.3, -0.25) is 0 Å². The maximum atomic E-state index is 12.3. The lowest BCUT2D eigenvalue weighted by molar-refractivity contribution is 0.0459. The highest BCUT2D eigenvalue weighted by atomic mass is 32.1. The minimum Gasteiger partial charge on any atom is -0.493 e. The first-order chi connectivity index (χ1) is 12.6. The summed E-state index contributed by atoms with van der Waals surface area (Å²) in [6.07, 6.45) is -0.00244. The monoisotopic (exact) mass is 374 g/mol. The van der Waals surface area contributed by atoms with Crippen molar-refractivity contribution in [3.05, 3.63) is 46.4 Å². The Hall–Kier alpha value is -2.87. The van der Waals surface area contributed by atoms with Crippen LogP contribution in [-0.4, -0.2) is 29.3 Å². The fourth-order valence-corrected chi connectivity index (χ4v) is 2.81. The number of aromatic nitrogens is 2. The first-order valence-corrected chi connectivity index (χ1v) is 8.88. The number of nitrogens with zero attached hydrogens (tertiary/aromatic N) is 2. The molecule has 3 rings (SSSR count). The van der Waals surface area contributed by atoms with E-state index in [0.717, 1.165) is 5.56 Å². The minimum absolute atomic E-state index is 0.00244. The van der Waals surface area contributed by atoms with E-state index >= 15 is 0 Å². The summed E-state index contributed by atoms with van der Waals surface area (Å²) >= 11 is 1.53. The van der Waals surface area contributed by atoms with E-state index in [-0.39, 0.29) is 12.7 Å². The molecule has 0 unspecified atom stereocenters. The van der Waals surface area contributed by atoms with Gasteiger partial charge in [0.05, 0.1) is 24.3 Å². The lowest BCUT2D eigenvalue weighted by atomic mass is 10.2. The van der Waals surface area contributed by atoms with E-state index in [1.54, 1.807) is 18.2 Å². The zero-order chi connectivity index (χ0) is 18.5. The Morgan fingerprint density at radius 3 is 2.81 bits per heavy atom. The average molecular weight is 374 g/mol. The summed E-state index contributed by atoms with van der Waals surface area (Å²) in [5.41, 5.74) is 1.19. The number of methoxy groups -OCH3 is 1. The Morgan fingerprint density at radius 1 is 1.27 bits per heavy atom. The fraction of sp³-hybridized carbons (Fsp3) is 0.278. The molecule has 0 N–H and O–H groups in total. The second kappa shape index (κ2) is 8.01. The molecule has 26 heavy (non-hydrogen) atoms. The molecule has 0 spiro atoms. The predicted octanol–water partition coefficient (Wildman–Crippen LogP) is 3.95. The molecule has 3 aromatic rings. The zero-order valence-electron chi connectivity index (χ0n) is 14.6. The molecule has 8 heteroatoms. The summed E-state index contributed by atoms with van der Waals surface area (Å²) in [6.45, 7) is 3.74. The van der Waals surface area contributed by atoms with Gasteiger partial charge in [0.1, 0.15) is 0 Å². The molecule has 2 heterocycles. The number of esters is 1. The van der Waals surface area contributed by atoms with Crippen molar-refractivity contribution >= 4 is 17.3 Å². The molecule has 0 saturated heterocycles. The van der Waals surface area contributed by atoms with Crippen LogP contribution in [0.2, 0.25) is 0 Å². The summed E-state index contributed by atoms with van der Waals surface area (Å²) < 4.78 is 21.3. The number of ether oxygens (including phenoxy) is 3. The smallest absolute Gasteiger partial charge is 0.338 e. The molecular formula is C18H18N2O5S. The van der Waals surface area contributed by atoms with E-state index in [1.807, 2.05) is 30.7 Å². The SMILES string of the molecule is COc1cc(C(=O)OCc2noc(-c3ccsc3)n2)ccc1OC(C)C. The highest BCUT2D eigenvalue weighted by molar-refractivity contribution is 7.08. The van der Waals surface area contributed by atoms with Gasteiger partial charge in [-0.1, -0.05) is 5.16 Å². The zero-order valence-corrected chi connectivity index (χ0v) is 15.4. The molecule has 0 aliphatic heterocycles. The van der Waals surface area contributed by atoms with E-state index in [2.05, 4.69) is 10.1 Å². The normalized spacial score (nSPS) is 10.8. The van der Waals surface area contributed by atoms with Crippen LogP contribution in [0.25, 0.3) is 11.5 Å². The number of hydrogen-bond acceptors (Lipinski definition) is 8. The molecule has 0 aliphatic carbocycles. The van der Waals surface area contributed by atoms with Crippen LogP contribution >= 0.6 is 11.3 Å². The van der Waals surface area contributed by atoms with Crippen molar-refractivity contribution in [2.75, 3.05) is 7.11 Å². The van der Waals surface area contributed by atoms with Gasteiger partial charge < -0.3 is 18.7 Å². The highest BCUT2D eigenvalue weighted by Gasteiger charge is 2.15. The van der Waals surface area contributed by atoms with Crippen LogP contribution in [0, 0.1) is 0 Å². The van der Waals surface area contributed by atoms with Crippen LogP contribution in [0.1, 0.15) is 30.0 Å². The average Bonchev–Trinajstić information content (AvgIpc) is 3.30. The van der Waals surface area contributed by atoms with Crippen LogP contribution in [0.15, 0.2) is 39.5 Å². The molecule has 7 nitrogen and oxygen atoms in total. The fourth-order valence-electron chi connectivity index (χ4n) is 2.18. The van der Waals surface area contributed by atoms with Crippen molar-refractivity contribution in [1.29, 1.82) is 0 Å². The molecule has 0 saturated carbocycles. The first kappa shape index (κ1) is 17.9. The maximum Gasteiger partial charge on any atom is 0.338 e. The Morgan fingerprint density at radius 2 is 2.12 bits per heavy atom. The molecule has 0 aliphatic rings. The van der Waals surface area contributed by atoms with Gasteiger partial charge in [0.2, 0.25) is 5.82 Å². The molecule has 0 radical (unpaired) electrons. The Labute approximate surface area is 154 Å². The third-order valence-electron chi connectivity index (χ3n) is 3.33. The van der Waals surface area contributed by atoms with Gasteiger partial charge in [0, 0.05) is 5.38 Å². The van der Waals surface area contributed by atoms with Gasteiger partial charge in [-0.15, -0.1) is 0 Å².